The van der Waals surface area contributed by atoms with E-state index in [1.165, 1.54) is 0 Å². The van der Waals surface area contributed by atoms with Crippen LogP contribution in [0.4, 0.5) is 8.78 Å². The third-order valence-corrected chi connectivity index (χ3v) is 10.9. The Labute approximate surface area is 304 Å². The minimum atomic E-state index is -1.11. The van der Waals surface area contributed by atoms with Crippen molar-refractivity contribution >= 4 is 87.5 Å². The zero-order valence-corrected chi connectivity index (χ0v) is 28.8. The molecule has 0 atom stereocenters. The summed E-state index contributed by atoms with van der Waals surface area (Å²) in [6.07, 6.45) is 0. The van der Waals surface area contributed by atoms with Gasteiger partial charge in [-0.2, -0.15) is 10.5 Å². The first-order valence-corrected chi connectivity index (χ1v) is 17.4. The van der Waals surface area contributed by atoms with Gasteiger partial charge in [0.25, 0.3) is 0 Å². The van der Waals surface area contributed by atoms with Crippen molar-refractivity contribution in [2.24, 2.45) is 0 Å². The largest absolute Gasteiger partial charge is 0.455 e. The van der Waals surface area contributed by atoms with Crippen molar-refractivity contribution in [1.29, 1.82) is 10.5 Å². The molecule has 0 saturated carbocycles. The number of furan rings is 2. The van der Waals surface area contributed by atoms with E-state index in [1.54, 1.807) is 9.13 Å². The average molecular weight is 703 g/mol. The van der Waals surface area contributed by atoms with Crippen molar-refractivity contribution in [1.82, 2.24) is 9.13 Å². The van der Waals surface area contributed by atoms with Crippen molar-refractivity contribution in [3.63, 3.8) is 0 Å². The van der Waals surface area contributed by atoms with Crippen molar-refractivity contribution < 1.29 is 17.6 Å². The lowest BCUT2D eigenvalue weighted by Crippen LogP contribution is -2.12. The van der Waals surface area contributed by atoms with E-state index in [4.69, 9.17) is 8.83 Å². The van der Waals surface area contributed by atoms with Crippen LogP contribution in [0.3, 0.4) is 0 Å². The highest BCUT2D eigenvalue weighted by Gasteiger charge is 2.32. The number of aromatic nitrogens is 2. The van der Waals surface area contributed by atoms with Gasteiger partial charge in [-0.15, -0.1) is 0 Å². The molecule has 4 aromatic heterocycles. The molecule has 0 unspecified atom stereocenters. The maximum Gasteiger partial charge on any atom is 0.174 e. The number of benzene rings is 7. The summed E-state index contributed by atoms with van der Waals surface area (Å²) in [5, 5.41) is 27.7. The average Bonchev–Trinajstić information content (AvgIpc) is 3.92. The highest BCUT2D eigenvalue weighted by molar-refractivity contribution is 6.25. The van der Waals surface area contributed by atoms with Crippen molar-refractivity contribution in [2.75, 3.05) is 0 Å². The molecule has 11 aromatic rings. The highest BCUT2D eigenvalue weighted by atomic mass is 19.1. The van der Waals surface area contributed by atoms with Gasteiger partial charge in [0.05, 0.1) is 32.8 Å². The minimum absolute atomic E-state index is 0.296. The summed E-state index contributed by atoms with van der Waals surface area (Å²) < 4.78 is 51.2. The minimum Gasteiger partial charge on any atom is -0.455 e. The molecule has 4 heterocycles. The van der Waals surface area contributed by atoms with Crippen LogP contribution in [0.5, 0.6) is 0 Å². The third-order valence-electron chi connectivity index (χ3n) is 10.9. The number of aryl methyl sites for hydroxylation is 2. The second-order valence-electron chi connectivity index (χ2n) is 13.9. The van der Waals surface area contributed by atoms with Gasteiger partial charge in [0, 0.05) is 32.3 Å². The Bertz CT molecular complexity index is 3350. The number of halogens is 2. The zero-order valence-electron chi connectivity index (χ0n) is 28.8. The Balaban J connectivity index is 1.32. The zero-order chi connectivity index (χ0) is 36.6. The van der Waals surface area contributed by atoms with Crippen molar-refractivity contribution in [3.8, 4) is 23.5 Å². The number of fused-ring (bicyclic) bond motifs is 14. The molecule has 0 aliphatic carbocycles. The van der Waals surface area contributed by atoms with E-state index >= 15 is 8.78 Å². The molecule has 0 aliphatic heterocycles. The molecule has 6 nitrogen and oxygen atoms in total. The van der Waals surface area contributed by atoms with E-state index in [2.05, 4.69) is 0 Å². The van der Waals surface area contributed by atoms with Crippen LogP contribution >= 0.6 is 0 Å². The van der Waals surface area contributed by atoms with Gasteiger partial charge in [0.15, 0.2) is 11.6 Å². The second-order valence-corrected chi connectivity index (χ2v) is 13.9. The van der Waals surface area contributed by atoms with Gasteiger partial charge in [-0.1, -0.05) is 59.7 Å². The molecule has 0 spiro atoms. The van der Waals surface area contributed by atoms with E-state index in [0.717, 1.165) is 43.4 Å². The number of para-hydroxylation sites is 2. The number of nitrogens with zero attached hydrogens (tertiary/aromatic N) is 4. The smallest absolute Gasteiger partial charge is 0.174 e. The fourth-order valence-corrected chi connectivity index (χ4v) is 8.57. The lowest BCUT2D eigenvalue weighted by molar-refractivity contribution is 0.583. The summed E-state index contributed by atoms with van der Waals surface area (Å²) in [5.41, 5.74) is 4.92. The van der Waals surface area contributed by atoms with Crippen molar-refractivity contribution in [3.05, 3.63) is 143 Å². The molecule has 0 saturated heterocycles. The standard InChI is InChI=1S/C46H24F2N4O2/c1-23-11-15-33-29(19-23)39-35(17-13-27-25-7-3-5-9-37(25)53-45(27)39)51(33)43-31(21-49)41(47)32(22-50)44(42(43)48)52-34-16-12-24(2)20-30(34)40-36(52)18-14-28-26-8-4-6-10-38(26)54-46(28)40/h3-20H,1-2H3. The summed E-state index contributed by atoms with van der Waals surface area (Å²) in [6.45, 7) is 3.93. The first kappa shape index (κ1) is 30.2. The van der Waals surface area contributed by atoms with Crippen LogP contribution in [0.25, 0.3) is 98.9 Å². The summed E-state index contributed by atoms with van der Waals surface area (Å²) in [7, 11) is 0. The van der Waals surface area contributed by atoms with Gasteiger partial charge < -0.3 is 18.0 Å². The SMILES string of the molecule is Cc1ccc2c(c1)c1c3oc4ccccc4c3ccc1n2-c1c(F)c(-n2c3ccc(C)cc3c3c4oc5ccccc5c4ccc32)c(C#N)c(F)c1C#N. The van der Waals surface area contributed by atoms with Gasteiger partial charge in [-0.05, 0) is 74.5 Å². The fraction of sp³-hybridized carbons (Fsp3) is 0.0435. The molecule has 11 rings (SSSR count). The van der Waals surface area contributed by atoms with Crippen molar-refractivity contribution in [2.45, 2.75) is 13.8 Å². The lowest BCUT2D eigenvalue weighted by Gasteiger charge is -2.18. The van der Waals surface area contributed by atoms with E-state index in [0.29, 0.717) is 55.2 Å². The Morgan fingerprint density at radius 1 is 0.481 bits per heavy atom. The summed E-state index contributed by atoms with van der Waals surface area (Å²) in [5.74, 6) is -2.03. The molecule has 0 amide bonds. The Morgan fingerprint density at radius 3 is 1.35 bits per heavy atom. The highest BCUT2D eigenvalue weighted by Crippen LogP contribution is 2.46. The van der Waals surface area contributed by atoms with Crippen LogP contribution in [-0.2, 0) is 0 Å². The molecule has 0 fully saturated rings. The molecule has 254 valence electrons. The topological polar surface area (TPSA) is 83.7 Å². The van der Waals surface area contributed by atoms with Gasteiger partial charge in [-0.25, -0.2) is 8.78 Å². The normalized spacial score (nSPS) is 12.0. The van der Waals surface area contributed by atoms with Crippen LogP contribution < -0.4 is 0 Å². The maximum atomic E-state index is 18.1. The monoisotopic (exact) mass is 702 g/mol. The maximum absolute atomic E-state index is 18.1. The number of hydrogen-bond acceptors (Lipinski definition) is 4. The van der Waals surface area contributed by atoms with Gasteiger partial charge >= 0.3 is 0 Å². The van der Waals surface area contributed by atoms with E-state index in [1.807, 2.05) is 135 Å². The molecular formula is C46H24F2N4O2. The molecule has 8 heteroatoms. The lowest BCUT2D eigenvalue weighted by atomic mass is 10.0. The Kier molecular flexibility index (Phi) is 5.92. The molecule has 0 radical (unpaired) electrons. The van der Waals surface area contributed by atoms with Gasteiger partial charge in [-0.3, -0.25) is 0 Å². The number of nitriles is 2. The predicted octanol–water partition coefficient (Wildman–Crippen LogP) is 12.3. The third kappa shape index (κ3) is 3.73. The van der Waals surface area contributed by atoms with Gasteiger partial charge in [0.2, 0.25) is 0 Å². The first-order valence-electron chi connectivity index (χ1n) is 17.4. The van der Waals surface area contributed by atoms with E-state index in [-0.39, 0.29) is 11.4 Å². The summed E-state index contributed by atoms with van der Waals surface area (Å²) in [4.78, 5) is 0. The van der Waals surface area contributed by atoms with Crippen LogP contribution in [0, 0.1) is 48.1 Å². The Hall–Kier alpha value is -7.42. The molecule has 0 aliphatic rings. The first-order chi connectivity index (χ1) is 26.4. The summed E-state index contributed by atoms with van der Waals surface area (Å²) in [6, 6.07) is 38.3. The number of rotatable bonds is 2. The summed E-state index contributed by atoms with van der Waals surface area (Å²) >= 11 is 0. The molecular weight excluding hydrogens is 679 g/mol. The quantitative estimate of drug-likeness (QED) is 0.179. The molecule has 7 aromatic carbocycles. The molecule has 0 N–H and O–H groups in total. The molecule has 0 bridgehead atoms. The predicted molar refractivity (Wildman–Crippen MR) is 208 cm³/mol. The van der Waals surface area contributed by atoms with Crippen LogP contribution in [0.2, 0.25) is 0 Å². The second kappa shape index (κ2) is 10.6. The Morgan fingerprint density at radius 2 is 0.907 bits per heavy atom. The van der Waals surface area contributed by atoms with Gasteiger partial charge in [0.1, 0.15) is 57.0 Å². The van der Waals surface area contributed by atoms with Crippen LogP contribution in [0.15, 0.2) is 118 Å². The fourth-order valence-electron chi connectivity index (χ4n) is 8.57. The van der Waals surface area contributed by atoms with E-state index in [9.17, 15) is 10.5 Å². The van der Waals surface area contributed by atoms with E-state index < -0.39 is 22.8 Å². The number of hydrogen-bond donors (Lipinski definition) is 0. The molecule has 54 heavy (non-hydrogen) atoms. The van der Waals surface area contributed by atoms with Crippen LogP contribution in [0.1, 0.15) is 22.3 Å². The van der Waals surface area contributed by atoms with Crippen LogP contribution in [-0.4, -0.2) is 9.13 Å².